The second-order valence-electron chi connectivity index (χ2n) is 10.8. The number of carbonyl (C=O) groups excluding carboxylic acids is 1. The largest absolute Gasteiger partial charge is 0.465 e. The Hall–Kier alpha value is -3.62. The molecule has 0 radical (unpaired) electrons. The highest BCUT2D eigenvalue weighted by atomic mass is 28.4. The zero-order valence-corrected chi connectivity index (χ0v) is 22.3. The predicted octanol–water partition coefficient (Wildman–Crippen LogP) is 4.77. The van der Waals surface area contributed by atoms with Gasteiger partial charge in [-0.3, -0.25) is 10.2 Å². The fourth-order valence-electron chi connectivity index (χ4n) is 5.94. The van der Waals surface area contributed by atoms with Gasteiger partial charge in [-0.05, 0) is 21.5 Å². The number of amides is 2. The first-order valence-corrected chi connectivity index (χ1v) is 14.4. The van der Waals surface area contributed by atoms with Gasteiger partial charge in [-0.15, -0.1) is 0 Å². The van der Waals surface area contributed by atoms with Gasteiger partial charge in [0.05, 0.1) is 24.9 Å². The highest BCUT2D eigenvalue weighted by Crippen LogP contribution is 2.46. The Morgan fingerprint density at radius 3 is 2.16 bits per heavy atom. The van der Waals surface area contributed by atoms with E-state index in [2.05, 4.69) is 50.4 Å². The van der Waals surface area contributed by atoms with Crippen molar-refractivity contribution in [3.8, 4) is 0 Å². The molecule has 3 aromatic carbocycles. The second kappa shape index (κ2) is 9.35. The Morgan fingerprint density at radius 2 is 1.59 bits per heavy atom. The van der Waals surface area contributed by atoms with Crippen molar-refractivity contribution >= 4 is 36.6 Å². The quantitative estimate of drug-likeness (QED) is 0.477. The summed E-state index contributed by atoms with van der Waals surface area (Å²) in [6, 6.07) is 27.4. The molecular formula is C29H32N2O5Si. The molecule has 1 spiro atoms. The summed E-state index contributed by atoms with van der Waals surface area (Å²) in [5, 5.41) is 14.9. The minimum Gasteiger partial charge on any atom is -0.465 e. The molecule has 5 rings (SSSR count). The van der Waals surface area contributed by atoms with Crippen molar-refractivity contribution in [2.24, 2.45) is 0 Å². The van der Waals surface area contributed by atoms with E-state index in [0.717, 1.165) is 15.9 Å². The van der Waals surface area contributed by atoms with E-state index in [4.69, 9.17) is 9.16 Å². The molecule has 0 saturated carbocycles. The van der Waals surface area contributed by atoms with Crippen LogP contribution in [-0.2, 0) is 14.8 Å². The van der Waals surface area contributed by atoms with Gasteiger partial charge in [-0.2, -0.15) is 0 Å². The van der Waals surface area contributed by atoms with Gasteiger partial charge in [0.2, 0.25) is 0 Å². The van der Waals surface area contributed by atoms with E-state index >= 15 is 0 Å². The topological polar surface area (TPSA) is 88.1 Å². The number of nitrogens with zero attached hydrogens (tertiary/aromatic N) is 1. The van der Waals surface area contributed by atoms with Gasteiger partial charge in [0.25, 0.3) is 8.32 Å². The van der Waals surface area contributed by atoms with Gasteiger partial charge in [0.1, 0.15) is 0 Å². The Balaban J connectivity index is 1.54. The number of fused-ring (bicyclic) bond motifs is 2. The van der Waals surface area contributed by atoms with Crippen molar-refractivity contribution in [3.05, 3.63) is 90.5 Å². The summed E-state index contributed by atoms with van der Waals surface area (Å²) in [7, 11) is -2.87. The number of anilines is 1. The van der Waals surface area contributed by atoms with Crippen molar-refractivity contribution in [1.82, 2.24) is 4.90 Å². The molecule has 3 aromatic rings. The molecule has 2 aliphatic rings. The molecule has 2 atom stereocenters. The summed E-state index contributed by atoms with van der Waals surface area (Å²) < 4.78 is 12.9. The number of benzene rings is 3. The number of carboxylic acid groups (broad SMARTS) is 1. The van der Waals surface area contributed by atoms with E-state index in [1.165, 1.54) is 4.90 Å². The summed E-state index contributed by atoms with van der Waals surface area (Å²) >= 11 is 0. The lowest BCUT2D eigenvalue weighted by molar-refractivity contribution is 0.0190. The first kappa shape index (κ1) is 25.0. The van der Waals surface area contributed by atoms with Gasteiger partial charge in [0.15, 0.2) is 5.60 Å². The molecule has 0 aromatic heterocycles. The molecule has 1 fully saturated rings. The molecule has 8 heteroatoms. The van der Waals surface area contributed by atoms with Crippen molar-refractivity contribution in [2.45, 2.75) is 43.9 Å². The zero-order chi connectivity index (χ0) is 26.3. The molecular weight excluding hydrogens is 484 g/mol. The maximum atomic E-state index is 12.5. The smallest absolute Gasteiger partial charge is 0.412 e. The Morgan fingerprint density at radius 1 is 1.03 bits per heavy atom. The summed E-state index contributed by atoms with van der Waals surface area (Å²) in [5.74, 6) is 0. The Kier molecular flexibility index (Phi) is 6.33. The van der Waals surface area contributed by atoms with E-state index in [1.807, 2.05) is 60.7 Å². The third kappa shape index (κ3) is 4.30. The van der Waals surface area contributed by atoms with Gasteiger partial charge in [-0.1, -0.05) is 99.6 Å². The summed E-state index contributed by atoms with van der Waals surface area (Å²) in [5.41, 5.74) is 0.378. The summed E-state index contributed by atoms with van der Waals surface area (Å²) in [4.78, 5) is 26.3. The fraction of sp³-hybridized carbons (Fsp3) is 0.310. The standard InChI is InChI=1S/C29H32N2O5Si/c1-28(2,3)37(22-12-6-4-7-13-22,23-14-8-5-9-15-23)35-19-21-18-29(20-31(21)27(33)34)24-16-10-11-17-25(24)30-26(32)36-29/h4-17,21H,18-20H2,1-3H3,(H,30,32)(H,33,34)/t21-,29-/m0/s1. The van der Waals surface area contributed by atoms with Crippen LogP contribution >= 0.6 is 0 Å². The average Bonchev–Trinajstić information content (AvgIpc) is 3.24. The minimum atomic E-state index is -2.87. The Labute approximate surface area is 218 Å². The second-order valence-corrected chi connectivity index (χ2v) is 15.1. The normalized spacial score (nSPS) is 21.3. The first-order chi connectivity index (χ1) is 17.7. The van der Waals surface area contributed by atoms with Crippen LogP contribution in [0.3, 0.4) is 0 Å². The maximum absolute atomic E-state index is 12.5. The number of rotatable bonds is 5. The van der Waals surface area contributed by atoms with Crippen molar-refractivity contribution in [2.75, 3.05) is 18.5 Å². The molecule has 7 nitrogen and oxygen atoms in total. The minimum absolute atomic E-state index is 0.0571. The van der Waals surface area contributed by atoms with Crippen molar-refractivity contribution < 1.29 is 23.9 Å². The Bertz CT molecular complexity index is 1250. The molecule has 2 aliphatic heterocycles. The highest BCUT2D eigenvalue weighted by Gasteiger charge is 2.55. The molecule has 0 aliphatic carbocycles. The van der Waals surface area contributed by atoms with Crippen LogP contribution in [0, 0.1) is 0 Å². The van der Waals surface area contributed by atoms with Crippen LogP contribution < -0.4 is 15.7 Å². The maximum Gasteiger partial charge on any atom is 0.412 e. The van der Waals surface area contributed by atoms with Crippen LogP contribution in [0.15, 0.2) is 84.9 Å². The van der Waals surface area contributed by atoms with Crippen molar-refractivity contribution in [3.63, 3.8) is 0 Å². The lowest BCUT2D eigenvalue weighted by atomic mass is 9.88. The van der Waals surface area contributed by atoms with E-state index in [0.29, 0.717) is 12.1 Å². The third-order valence-corrected chi connectivity index (χ3v) is 12.5. The predicted molar refractivity (Wildman–Crippen MR) is 145 cm³/mol. The van der Waals surface area contributed by atoms with E-state index in [9.17, 15) is 14.7 Å². The van der Waals surface area contributed by atoms with Crippen LogP contribution in [-0.4, -0.2) is 49.7 Å². The lowest BCUT2D eigenvalue weighted by Crippen LogP contribution is -2.67. The molecule has 2 heterocycles. The molecule has 2 amide bonds. The molecule has 0 bridgehead atoms. The molecule has 2 N–H and O–H groups in total. The van der Waals surface area contributed by atoms with Gasteiger partial charge >= 0.3 is 12.2 Å². The lowest BCUT2D eigenvalue weighted by Gasteiger charge is -2.44. The highest BCUT2D eigenvalue weighted by molar-refractivity contribution is 6.99. The summed E-state index contributed by atoms with van der Waals surface area (Å²) in [6.45, 7) is 6.81. The van der Waals surface area contributed by atoms with Crippen LogP contribution in [0.4, 0.5) is 15.3 Å². The SMILES string of the molecule is CC(C)(C)[Si](OC[C@@H]1C[C@@]2(CN1C(=O)O)OC(=O)Nc1ccccc12)(c1ccccc1)c1ccccc1. The van der Waals surface area contributed by atoms with E-state index in [1.54, 1.807) is 0 Å². The molecule has 37 heavy (non-hydrogen) atoms. The number of para-hydroxylation sites is 1. The monoisotopic (exact) mass is 516 g/mol. The van der Waals surface area contributed by atoms with Crippen LogP contribution in [0.25, 0.3) is 0 Å². The number of hydrogen-bond acceptors (Lipinski definition) is 4. The van der Waals surface area contributed by atoms with Crippen LogP contribution in [0.1, 0.15) is 32.8 Å². The summed E-state index contributed by atoms with van der Waals surface area (Å²) in [6.07, 6.45) is -1.31. The number of hydrogen-bond donors (Lipinski definition) is 2. The van der Waals surface area contributed by atoms with Gasteiger partial charge in [-0.25, -0.2) is 9.59 Å². The number of ether oxygens (including phenoxy) is 1. The number of nitrogens with one attached hydrogen (secondary N) is 1. The molecule has 0 unspecified atom stereocenters. The zero-order valence-electron chi connectivity index (χ0n) is 21.3. The van der Waals surface area contributed by atoms with Gasteiger partial charge < -0.3 is 14.3 Å². The van der Waals surface area contributed by atoms with E-state index < -0.39 is 32.1 Å². The average molecular weight is 517 g/mol. The van der Waals surface area contributed by atoms with Crippen LogP contribution in [0.2, 0.25) is 5.04 Å². The first-order valence-electron chi connectivity index (χ1n) is 12.5. The molecule has 192 valence electrons. The van der Waals surface area contributed by atoms with Gasteiger partial charge in [0, 0.05) is 12.0 Å². The fourth-order valence-corrected chi connectivity index (χ4v) is 10.5. The van der Waals surface area contributed by atoms with E-state index in [-0.39, 0.29) is 18.2 Å². The third-order valence-electron chi connectivity index (χ3n) is 7.53. The number of carbonyl (C=O) groups is 2. The van der Waals surface area contributed by atoms with Crippen molar-refractivity contribution in [1.29, 1.82) is 0 Å². The number of likely N-dealkylation sites (tertiary alicyclic amines) is 1. The van der Waals surface area contributed by atoms with Crippen LogP contribution in [0.5, 0.6) is 0 Å². The molecule has 1 saturated heterocycles.